The second-order valence-corrected chi connectivity index (χ2v) is 4.76. The first-order valence-electron chi connectivity index (χ1n) is 5.94. The molecule has 0 spiro atoms. The number of nitriles is 1. The number of rotatable bonds is 3. The molecule has 1 aromatic rings. The van der Waals surface area contributed by atoms with Crippen LogP contribution in [0.3, 0.4) is 0 Å². The molecule has 0 saturated carbocycles. The summed E-state index contributed by atoms with van der Waals surface area (Å²) in [5.41, 5.74) is 1.50. The first-order chi connectivity index (χ1) is 8.70. The molecule has 18 heavy (non-hydrogen) atoms. The Kier molecular flexibility index (Phi) is 4.43. The molecule has 0 bridgehead atoms. The van der Waals surface area contributed by atoms with Crippen molar-refractivity contribution >= 4 is 17.3 Å². The van der Waals surface area contributed by atoms with Crippen LogP contribution in [0.1, 0.15) is 5.56 Å². The van der Waals surface area contributed by atoms with Gasteiger partial charge in [-0.25, -0.2) is 0 Å². The molecule has 96 valence electrons. The summed E-state index contributed by atoms with van der Waals surface area (Å²) in [6.07, 6.45) is 0.176. The quantitative estimate of drug-likeness (QED) is 0.903. The normalized spacial score (nSPS) is 19.3. The van der Waals surface area contributed by atoms with E-state index in [9.17, 15) is 0 Å². The van der Waals surface area contributed by atoms with Gasteiger partial charge in [0, 0.05) is 26.7 Å². The summed E-state index contributed by atoms with van der Waals surface area (Å²) in [5, 5.41) is 12.7. The van der Waals surface area contributed by atoms with E-state index < -0.39 is 0 Å². The average Bonchev–Trinajstić information content (AvgIpc) is 2.39. The van der Waals surface area contributed by atoms with Gasteiger partial charge in [-0.1, -0.05) is 11.6 Å². The number of hydrogen-bond donors (Lipinski definition) is 1. The lowest BCUT2D eigenvalue weighted by Crippen LogP contribution is -2.44. The molecule has 1 atom stereocenters. The van der Waals surface area contributed by atoms with E-state index in [4.69, 9.17) is 21.6 Å². The van der Waals surface area contributed by atoms with Crippen molar-refractivity contribution in [2.75, 3.05) is 38.2 Å². The van der Waals surface area contributed by atoms with E-state index in [1.54, 1.807) is 12.1 Å². The first-order valence-corrected chi connectivity index (χ1v) is 6.31. The maximum atomic E-state index is 8.80. The van der Waals surface area contributed by atoms with E-state index in [-0.39, 0.29) is 6.10 Å². The molecule has 0 radical (unpaired) electrons. The average molecular weight is 266 g/mol. The van der Waals surface area contributed by atoms with Crippen molar-refractivity contribution in [3.8, 4) is 6.07 Å². The zero-order valence-electron chi connectivity index (χ0n) is 10.3. The molecule has 0 aliphatic carbocycles. The summed E-state index contributed by atoms with van der Waals surface area (Å²) in [7, 11) is 1.98. The lowest BCUT2D eigenvalue weighted by Gasteiger charge is -2.29. The minimum Gasteiger partial charge on any atom is -0.374 e. The lowest BCUT2D eigenvalue weighted by atomic mass is 10.2. The Morgan fingerprint density at radius 1 is 1.61 bits per heavy atom. The minimum absolute atomic E-state index is 0.176. The van der Waals surface area contributed by atoms with E-state index in [1.807, 2.05) is 13.1 Å². The Labute approximate surface area is 112 Å². The number of hydrogen-bond acceptors (Lipinski definition) is 4. The van der Waals surface area contributed by atoms with Gasteiger partial charge in [0.1, 0.15) is 0 Å². The fourth-order valence-electron chi connectivity index (χ4n) is 2.03. The predicted octanol–water partition coefficient (Wildman–Crippen LogP) is 1.64. The van der Waals surface area contributed by atoms with Gasteiger partial charge < -0.3 is 15.0 Å². The Morgan fingerprint density at radius 2 is 2.44 bits per heavy atom. The molecule has 1 aliphatic rings. The molecule has 1 saturated heterocycles. The molecule has 4 nitrogen and oxygen atoms in total. The van der Waals surface area contributed by atoms with Gasteiger partial charge in [0.05, 0.1) is 35.1 Å². The van der Waals surface area contributed by atoms with Crippen LogP contribution in [0, 0.1) is 11.3 Å². The highest BCUT2D eigenvalue weighted by molar-refractivity contribution is 6.33. The smallest absolute Gasteiger partial charge is 0.0992 e. The van der Waals surface area contributed by atoms with Crippen molar-refractivity contribution in [2.45, 2.75) is 6.10 Å². The molecule has 0 aromatic heterocycles. The number of benzene rings is 1. The van der Waals surface area contributed by atoms with Crippen LogP contribution < -0.4 is 10.2 Å². The van der Waals surface area contributed by atoms with Gasteiger partial charge in [0.25, 0.3) is 0 Å². The fraction of sp³-hybridized carbons (Fsp3) is 0.462. The second-order valence-electron chi connectivity index (χ2n) is 4.36. The summed E-state index contributed by atoms with van der Waals surface area (Å²) >= 11 is 6.17. The molecule has 1 fully saturated rings. The Morgan fingerprint density at radius 3 is 3.06 bits per heavy atom. The van der Waals surface area contributed by atoms with E-state index >= 15 is 0 Å². The molecule has 1 aliphatic heterocycles. The largest absolute Gasteiger partial charge is 0.374 e. The van der Waals surface area contributed by atoms with Crippen LogP contribution in [0.5, 0.6) is 0 Å². The number of likely N-dealkylation sites (N-methyl/N-ethyl adjacent to an activating group) is 1. The van der Waals surface area contributed by atoms with Crippen LogP contribution in [0.25, 0.3) is 0 Å². The highest BCUT2D eigenvalue weighted by Gasteiger charge is 2.17. The van der Waals surface area contributed by atoms with E-state index in [2.05, 4.69) is 16.3 Å². The van der Waals surface area contributed by atoms with Crippen LogP contribution >= 0.6 is 11.6 Å². The van der Waals surface area contributed by atoms with Crippen molar-refractivity contribution in [3.63, 3.8) is 0 Å². The zero-order valence-corrected chi connectivity index (χ0v) is 11.1. The number of morpholine rings is 1. The molecule has 2 rings (SSSR count). The van der Waals surface area contributed by atoms with E-state index in [0.717, 1.165) is 31.9 Å². The number of halogens is 1. The van der Waals surface area contributed by atoms with Gasteiger partial charge in [-0.3, -0.25) is 0 Å². The number of anilines is 1. The number of nitrogens with one attached hydrogen (secondary N) is 1. The SMILES string of the molecule is CN(CC1CNCCO1)c1ccc(C#N)cc1Cl. The van der Waals surface area contributed by atoms with Crippen molar-refractivity contribution in [2.24, 2.45) is 0 Å². The highest BCUT2D eigenvalue weighted by Crippen LogP contribution is 2.26. The van der Waals surface area contributed by atoms with Crippen LogP contribution in [-0.2, 0) is 4.74 Å². The van der Waals surface area contributed by atoms with Gasteiger partial charge >= 0.3 is 0 Å². The molecule has 1 heterocycles. The van der Waals surface area contributed by atoms with Crippen LogP contribution in [0.4, 0.5) is 5.69 Å². The monoisotopic (exact) mass is 265 g/mol. The zero-order chi connectivity index (χ0) is 13.0. The van der Waals surface area contributed by atoms with Crippen molar-refractivity contribution < 1.29 is 4.74 Å². The van der Waals surface area contributed by atoms with Crippen LogP contribution in [0.2, 0.25) is 5.02 Å². The maximum absolute atomic E-state index is 8.80. The number of nitrogens with zero attached hydrogens (tertiary/aromatic N) is 2. The van der Waals surface area contributed by atoms with Crippen LogP contribution in [-0.4, -0.2) is 39.4 Å². The Balaban J connectivity index is 2.04. The van der Waals surface area contributed by atoms with Crippen molar-refractivity contribution in [3.05, 3.63) is 28.8 Å². The third-order valence-electron chi connectivity index (χ3n) is 2.97. The van der Waals surface area contributed by atoms with E-state index in [1.165, 1.54) is 0 Å². The third kappa shape index (κ3) is 3.14. The lowest BCUT2D eigenvalue weighted by molar-refractivity contribution is 0.0340. The standard InChI is InChI=1S/C13H16ClN3O/c1-17(9-11-8-16-4-5-18-11)13-3-2-10(7-15)6-12(13)14/h2-3,6,11,16H,4-5,8-9H2,1H3. The minimum atomic E-state index is 0.176. The molecule has 1 aromatic carbocycles. The first kappa shape index (κ1) is 13.2. The molecule has 1 N–H and O–H groups in total. The van der Waals surface area contributed by atoms with Crippen molar-refractivity contribution in [1.29, 1.82) is 5.26 Å². The summed E-state index contributed by atoms with van der Waals surface area (Å²) < 4.78 is 5.66. The van der Waals surface area contributed by atoms with Gasteiger partial charge in [-0.15, -0.1) is 0 Å². The summed E-state index contributed by atoms with van der Waals surface area (Å²) in [6.45, 7) is 3.30. The summed E-state index contributed by atoms with van der Waals surface area (Å²) in [5.74, 6) is 0. The van der Waals surface area contributed by atoms with Gasteiger partial charge in [0.15, 0.2) is 0 Å². The van der Waals surface area contributed by atoms with Gasteiger partial charge in [-0.05, 0) is 18.2 Å². The summed E-state index contributed by atoms with van der Waals surface area (Å²) in [6, 6.07) is 7.41. The molecular formula is C13H16ClN3O. The third-order valence-corrected chi connectivity index (χ3v) is 3.27. The molecule has 5 heteroatoms. The molecule has 1 unspecified atom stereocenters. The van der Waals surface area contributed by atoms with Gasteiger partial charge in [0.2, 0.25) is 0 Å². The fourth-order valence-corrected chi connectivity index (χ4v) is 2.35. The summed E-state index contributed by atoms with van der Waals surface area (Å²) in [4.78, 5) is 2.06. The molecule has 0 amide bonds. The number of ether oxygens (including phenoxy) is 1. The second kappa shape index (κ2) is 6.05. The topological polar surface area (TPSA) is 48.3 Å². The van der Waals surface area contributed by atoms with Crippen molar-refractivity contribution in [1.82, 2.24) is 5.32 Å². The van der Waals surface area contributed by atoms with Gasteiger partial charge in [-0.2, -0.15) is 5.26 Å². The highest BCUT2D eigenvalue weighted by atomic mass is 35.5. The van der Waals surface area contributed by atoms with E-state index in [0.29, 0.717) is 10.6 Å². The predicted molar refractivity (Wildman–Crippen MR) is 72.0 cm³/mol. The maximum Gasteiger partial charge on any atom is 0.0992 e. The van der Waals surface area contributed by atoms with Crippen LogP contribution in [0.15, 0.2) is 18.2 Å². The Hall–Kier alpha value is -1.28. The molecular weight excluding hydrogens is 250 g/mol. The Bertz CT molecular complexity index is 452.